The van der Waals surface area contributed by atoms with Crippen molar-refractivity contribution in [3.63, 3.8) is 0 Å². The first-order chi connectivity index (χ1) is 11.8. The number of nitrogens with one attached hydrogen (secondary N) is 2. The summed E-state index contributed by atoms with van der Waals surface area (Å²) < 4.78 is 0. The molecule has 0 aliphatic carbocycles. The summed E-state index contributed by atoms with van der Waals surface area (Å²) in [7, 11) is 0. The Hall–Kier alpha value is -3.40. The number of nitrogens with zero attached hydrogens (tertiary/aromatic N) is 1. The van der Waals surface area contributed by atoms with Crippen LogP contribution < -0.4 is 10.6 Å². The van der Waals surface area contributed by atoms with Crippen LogP contribution in [0.25, 0.3) is 21.7 Å². The number of hydrogen-bond acceptors (Lipinski definition) is 2. The highest BCUT2D eigenvalue weighted by molar-refractivity contribution is 6.06. The van der Waals surface area contributed by atoms with Crippen molar-refractivity contribution in [2.24, 2.45) is 0 Å². The summed E-state index contributed by atoms with van der Waals surface area (Å²) in [6.07, 6.45) is 1.69. The number of urea groups is 1. The van der Waals surface area contributed by atoms with Gasteiger partial charge in [-0.25, -0.2) is 4.79 Å². The summed E-state index contributed by atoms with van der Waals surface area (Å²) in [6.45, 7) is 0. The van der Waals surface area contributed by atoms with Crippen molar-refractivity contribution in [1.29, 1.82) is 0 Å². The fourth-order valence-electron chi connectivity index (χ4n) is 2.76. The summed E-state index contributed by atoms with van der Waals surface area (Å²) in [5, 5.41) is 8.91. The molecule has 0 radical (unpaired) electrons. The highest BCUT2D eigenvalue weighted by Gasteiger charge is 2.06. The van der Waals surface area contributed by atoms with Gasteiger partial charge in [0.2, 0.25) is 0 Å². The number of carbonyl (C=O) groups excluding carboxylic acids is 1. The summed E-state index contributed by atoms with van der Waals surface area (Å²) >= 11 is 0. The van der Waals surface area contributed by atoms with Crippen molar-refractivity contribution in [3.8, 4) is 0 Å². The molecule has 4 rings (SSSR count). The Balaban J connectivity index is 1.57. The van der Waals surface area contributed by atoms with E-state index in [9.17, 15) is 4.79 Å². The molecule has 24 heavy (non-hydrogen) atoms. The average Bonchev–Trinajstić information content (AvgIpc) is 2.62. The maximum absolute atomic E-state index is 12.3. The van der Waals surface area contributed by atoms with Crippen LogP contribution in [0.5, 0.6) is 0 Å². The molecule has 0 fully saturated rings. The van der Waals surface area contributed by atoms with Gasteiger partial charge < -0.3 is 10.6 Å². The van der Waals surface area contributed by atoms with E-state index in [1.54, 1.807) is 12.3 Å². The van der Waals surface area contributed by atoms with Gasteiger partial charge >= 0.3 is 6.03 Å². The van der Waals surface area contributed by atoms with E-state index in [0.717, 1.165) is 33.1 Å². The molecule has 0 spiro atoms. The molecular formula is C20H15N3O. The Morgan fingerprint density at radius 2 is 1.58 bits per heavy atom. The van der Waals surface area contributed by atoms with Gasteiger partial charge in [-0.2, -0.15) is 0 Å². The molecule has 0 saturated carbocycles. The van der Waals surface area contributed by atoms with Gasteiger partial charge in [-0.1, -0.05) is 48.5 Å². The summed E-state index contributed by atoms with van der Waals surface area (Å²) in [5.41, 5.74) is 2.34. The number of benzene rings is 3. The first kappa shape index (κ1) is 14.2. The molecule has 0 unspecified atom stereocenters. The third kappa shape index (κ3) is 2.77. The van der Waals surface area contributed by atoms with Crippen molar-refractivity contribution in [3.05, 3.63) is 79.0 Å². The van der Waals surface area contributed by atoms with Crippen molar-refractivity contribution >= 4 is 39.1 Å². The molecule has 4 heteroatoms. The van der Waals surface area contributed by atoms with E-state index >= 15 is 0 Å². The molecule has 0 aliphatic heterocycles. The van der Waals surface area contributed by atoms with Crippen molar-refractivity contribution < 1.29 is 4.79 Å². The number of anilines is 2. The zero-order valence-corrected chi connectivity index (χ0v) is 12.9. The molecule has 2 N–H and O–H groups in total. The lowest BCUT2D eigenvalue weighted by atomic mass is 10.1. The lowest BCUT2D eigenvalue weighted by Gasteiger charge is -2.10. The van der Waals surface area contributed by atoms with Gasteiger partial charge in [-0.05, 0) is 35.0 Å². The van der Waals surface area contributed by atoms with E-state index in [2.05, 4.69) is 15.6 Å². The van der Waals surface area contributed by atoms with Crippen LogP contribution in [0.4, 0.5) is 16.2 Å². The van der Waals surface area contributed by atoms with Gasteiger partial charge in [0.1, 0.15) is 0 Å². The Morgan fingerprint density at radius 1 is 0.792 bits per heavy atom. The van der Waals surface area contributed by atoms with Gasteiger partial charge in [-0.3, -0.25) is 4.98 Å². The van der Waals surface area contributed by atoms with E-state index in [4.69, 9.17) is 0 Å². The predicted molar refractivity (Wildman–Crippen MR) is 98.3 cm³/mol. The second kappa shape index (κ2) is 6.01. The summed E-state index contributed by atoms with van der Waals surface area (Å²) in [5.74, 6) is 0. The number of carbonyl (C=O) groups is 1. The van der Waals surface area contributed by atoms with Gasteiger partial charge in [0.15, 0.2) is 0 Å². The van der Waals surface area contributed by atoms with E-state index in [-0.39, 0.29) is 6.03 Å². The number of rotatable bonds is 2. The minimum Gasteiger partial charge on any atom is -0.308 e. The minimum absolute atomic E-state index is 0.276. The van der Waals surface area contributed by atoms with Crippen LogP contribution in [0.2, 0.25) is 0 Å². The van der Waals surface area contributed by atoms with E-state index in [0.29, 0.717) is 0 Å². The quantitative estimate of drug-likeness (QED) is 0.545. The van der Waals surface area contributed by atoms with Crippen molar-refractivity contribution in [2.45, 2.75) is 0 Å². The Labute approximate surface area is 139 Å². The van der Waals surface area contributed by atoms with Gasteiger partial charge in [0, 0.05) is 17.3 Å². The molecule has 0 atom stereocenters. The van der Waals surface area contributed by atoms with Crippen LogP contribution in [0.15, 0.2) is 79.0 Å². The third-order valence-corrected chi connectivity index (χ3v) is 3.90. The van der Waals surface area contributed by atoms with E-state index in [1.165, 1.54) is 0 Å². The normalized spacial score (nSPS) is 10.7. The predicted octanol–water partition coefficient (Wildman–Crippen LogP) is 5.03. The zero-order valence-electron chi connectivity index (χ0n) is 12.9. The molecule has 0 saturated heterocycles. The standard InChI is InChI=1S/C20H15N3O/c24-20(22-16-10-9-14-5-1-2-6-15(14)13-16)23-19-11-12-21-18-8-4-3-7-17(18)19/h1-13H,(H2,21,22,23,24). The van der Waals surface area contributed by atoms with Crippen LogP contribution in [-0.4, -0.2) is 11.0 Å². The number of pyridine rings is 1. The molecule has 4 nitrogen and oxygen atoms in total. The molecule has 0 aliphatic rings. The fourth-order valence-corrected chi connectivity index (χ4v) is 2.76. The molecule has 1 aromatic heterocycles. The Bertz CT molecular complexity index is 1040. The zero-order chi connectivity index (χ0) is 16.4. The smallest absolute Gasteiger partial charge is 0.308 e. The van der Waals surface area contributed by atoms with Crippen molar-refractivity contribution in [2.75, 3.05) is 10.6 Å². The lowest BCUT2D eigenvalue weighted by molar-refractivity contribution is 0.262. The monoisotopic (exact) mass is 313 g/mol. The highest BCUT2D eigenvalue weighted by atomic mass is 16.2. The van der Waals surface area contributed by atoms with Gasteiger partial charge in [0.05, 0.1) is 11.2 Å². The van der Waals surface area contributed by atoms with E-state index < -0.39 is 0 Å². The maximum Gasteiger partial charge on any atom is 0.323 e. The summed E-state index contributed by atoms with van der Waals surface area (Å²) in [4.78, 5) is 16.6. The fraction of sp³-hybridized carbons (Fsp3) is 0. The largest absolute Gasteiger partial charge is 0.323 e. The van der Waals surface area contributed by atoms with Crippen LogP contribution in [0.3, 0.4) is 0 Å². The maximum atomic E-state index is 12.3. The molecule has 2 amide bonds. The first-order valence-corrected chi connectivity index (χ1v) is 7.70. The lowest BCUT2D eigenvalue weighted by Crippen LogP contribution is -2.19. The average molecular weight is 313 g/mol. The second-order valence-electron chi connectivity index (χ2n) is 5.52. The van der Waals surface area contributed by atoms with Crippen LogP contribution in [0.1, 0.15) is 0 Å². The minimum atomic E-state index is -0.276. The summed E-state index contributed by atoms with van der Waals surface area (Å²) in [6, 6.07) is 23.1. The van der Waals surface area contributed by atoms with Gasteiger partial charge in [0.25, 0.3) is 0 Å². The Morgan fingerprint density at radius 3 is 2.50 bits per heavy atom. The number of amides is 2. The van der Waals surface area contributed by atoms with Gasteiger partial charge in [-0.15, -0.1) is 0 Å². The Kier molecular flexibility index (Phi) is 3.56. The number of hydrogen-bond donors (Lipinski definition) is 2. The SMILES string of the molecule is O=C(Nc1ccc2ccccc2c1)Nc1ccnc2ccccc12. The number of fused-ring (bicyclic) bond motifs is 2. The first-order valence-electron chi connectivity index (χ1n) is 7.70. The number of aromatic nitrogens is 1. The second-order valence-corrected chi connectivity index (χ2v) is 5.52. The van der Waals surface area contributed by atoms with Crippen LogP contribution >= 0.6 is 0 Å². The molecule has 4 aromatic rings. The third-order valence-electron chi connectivity index (χ3n) is 3.90. The molecule has 0 bridgehead atoms. The molecule has 3 aromatic carbocycles. The number of para-hydroxylation sites is 1. The molecule has 116 valence electrons. The molecular weight excluding hydrogens is 298 g/mol. The topological polar surface area (TPSA) is 54.0 Å². The molecule has 1 heterocycles. The van der Waals surface area contributed by atoms with Crippen molar-refractivity contribution in [1.82, 2.24) is 4.98 Å². The van der Waals surface area contributed by atoms with E-state index in [1.807, 2.05) is 66.7 Å². The van der Waals surface area contributed by atoms with Crippen LogP contribution in [0, 0.1) is 0 Å². The van der Waals surface area contributed by atoms with Crippen LogP contribution in [-0.2, 0) is 0 Å². The highest BCUT2D eigenvalue weighted by Crippen LogP contribution is 2.22.